The SMILES string of the molecule is C[C@@H]1Oc2ccccc2O[C@H]1C(=O)NCc1cc(-c2ccco2)on1. The molecule has 4 rings (SSSR count). The van der Waals surface area contributed by atoms with Crippen LogP contribution in [0.3, 0.4) is 0 Å². The summed E-state index contributed by atoms with van der Waals surface area (Å²) >= 11 is 0. The number of benzene rings is 1. The van der Waals surface area contributed by atoms with E-state index in [1.165, 1.54) is 0 Å². The highest BCUT2D eigenvalue weighted by Crippen LogP contribution is 2.33. The molecular weight excluding hydrogens is 324 g/mol. The van der Waals surface area contributed by atoms with Crippen molar-refractivity contribution in [2.75, 3.05) is 0 Å². The van der Waals surface area contributed by atoms with Crippen LogP contribution in [-0.4, -0.2) is 23.3 Å². The summed E-state index contributed by atoms with van der Waals surface area (Å²) in [6.07, 6.45) is 0.427. The Morgan fingerprint density at radius 3 is 2.68 bits per heavy atom. The third-order valence-corrected chi connectivity index (χ3v) is 3.87. The Kier molecular flexibility index (Phi) is 3.89. The topological polar surface area (TPSA) is 86.7 Å². The predicted molar refractivity (Wildman–Crippen MR) is 87.0 cm³/mol. The van der Waals surface area contributed by atoms with E-state index in [9.17, 15) is 4.79 Å². The minimum Gasteiger partial charge on any atom is -0.482 e. The van der Waals surface area contributed by atoms with Crippen molar-refractivity contribution in [1.82, 2.24) is 10.5 Å². The van der Waals surface area contributed by atoms with Gasteiger partial charge in [0.2, 0.25) is 11.9 Å². The van der Waals surface area contributed by atoms with Gasteiger partial charge in [-0.1, -0.05) is 17.3 Å². The number of furan rings is 1. The van der Waals surface area contributed by atoms with Crippen molar-refractivity contribution < 1.29 is 23.2 Å². The molecule has 0 aliphatic carbocycles. The highest BCUT2D eigenvalue weighted by Gasteiger charge is 2.33. The number of carbonyl (C=O) groups is 1. The molecular formula is C18H16N2O5. The molecule has 0 bridgehead atoms. The number of carbonyl (C=O) groups excluding carboxylic acids is 1. The molecule has 3 aromatic rings. The maximum atomic E-state index is 12.4. The number of hydrogen-bond acceptors (Lipinski definition) is 6. The number of hydrogen-bond donors (Lipinski definition) is 1. The quantitative estimate of drug-likeness (QED) is 0.786. The fourth-order valence-electron chi connectivity index (χ4n) is 2.61. The van der Waals surface area contributed by atoms with Crippen molar-refractivity contribution in [3.63, 3.8) is 0 Å². The Morgan fingerprint density at radius 2 is 1.92 bits per heavy atom. The Bertz CT molecular complexity index is 871. The zero-order valence-electron chi connectivity index (χ0n) is 13.5. The molecule has 0 saturated carbocycles. The highest BCUT2D eigenvalue weighted by atomic mass is 16.6. The molecule has 2 aromatic heterocycles. The standard InChI is InChI=1S/C18H16N2O5/c1-11-17(24-15-6-3-2-5-14(15)23-11)18(21)19-10-12-9-16(25-20-12)13-7-4-8-22-13/h2-9,11,17H,10H2,1H3,(H,19,21)/t11-,17+/m0/s1. The van der Waals surface area contributed by atoms with E-state index in [1.54, 1.807) is 37.5 Å². The van der Waals surface area contributed by atoms with Crippen molar-refractivity contribution in [2.24, 2.45) is 0 Å². The molecule has 0 unspecified atom stereocenters. The van der Waals surface area contributed by atoms with Gasteiger partial charge in [0.05, 0.1) is 12.8 Å². The van der Waals surface area contributed by atoms with E-state index in [4.69, 9.17) is 18.4 Å². The maximum absolute atomic E-state index is 12.4. The van der Waals surface area contributed by atoms with Gasteiger partial charge in [-0.15, -0.1) is 0 Å². The number of nitrogens with zero attached hydrogens (tertiary/aromatic N) is 1. The molecule has 7 nitrogen and oxygen atoms in total. The van der Waals surface area contributed by atoms with Gasteiger partial charge < -0.3 is 23.7 Å². The summed E-state index contributed by atoms with van der Waals surface area (Å²) in [5, 5.41) is 6.71. The molecule has 128 valence electrons. The van der Waals surface area contributed by atoms with E-state index in [0.717, 1.165) is 0 Å². The van der Waals surface area contributed by atoms with Crippen LogP contribution < -0.4 is 14.8 Å². The fourth-order valence-corrected chi connectivity index (χ4v) is 2.61. The molecule has 1 N–H and O–H groups in total. The van der Waals surface area contributed by atoms with Crippen LogP contribution >= 0.6 is 0 Å². The van der Waals surface area contributed by atoms with Crippen molar-refractivity contribution in [1.29, 1.82) is 0 Å². The van der Waals surface area contributed by atoms with Gasteiger partial charge in [0.25, 0.3) is 5.91 Å². The predicted octanol–water partition coefficient (Wildman–Crippen LogP) is 2.78. The molecule has 7 heteroatoms. The second-order valence-electron chi connectivity index (χ2n) is 5.69. The highest BCUT2D eigenvalue weighted by molar-refractivity contribution is 5.82. The van der Waals surface area contributed by atoms with E-state index >= 15 is 0 Å². The monoisotopic (exact) mass is 340 g/mol. The van der Waals surface area contributed by atoms with Crippen LogP contribution in [0.15, 0.2) is 57.7 Å². The van der Waals surface area contributed by atoms with Crippen LogP contribution in [-0.2, 0) is 11.3 Å². The van der Waals surface area contributed by atoms with E-state index < -0.39 is 12.2 Å². The lowest BCUT2D eigenvalue weighted by Gasteiger charge is -2.30. The lowest BCUT2D eigenvalue weighted by Crippen LogP contribution is -2.48. The minimum absolute atomic E-state index is 0.220. The Labute approximate surface area is 143 Å². The Balaban J connectivity index is 1.39. The first-order chi connectivity index (χ1) is 12.2. The lowest BCUT2D eigenvalue weighted by atomic mass is 10.1. The number of aromatic nitrogens is 1. The number of amides is 1. The van der Waals surface area contributed by atoms with Crippen LogP contribution in [0.25, 0.3) is 11.5 Å². The third kappa shape index (κ3) is 3.08. The summed E-state index contributed by atoms with van der Waals surface area (Å²) in [4.78, 5) is 12.4. The van der Waals surface area contributed by atoms with Gasteiger partial charge in [0.15, 0.2) is 17.3 Å². The van der Waals surface area contributed by atoms with Crippen LogP contribution in [0.2, 0.25) is 0 Å². The zero-order valence-corrected chi connectivity index (χ0v) is 13.5. The third-order valence-electron chi connectivity index (χ3n) is 3.87. The summed E-state index contributed by atoms with van der Waals surface area (Å²) in [5.74, 6) is 2.01. The summed E-state index contributed by atoms with van der Waals surface area (Å²) in [5.41, 5.74) is 0.588. The van der Waals surface area contributed by atoms with Crippen LogP contribution in [0.5, 0.6) is 11.5 Å². The molecule has 0 radical (unpaired) electrons. The average Bonchev–Trinajstić information content (AvgIpc) is 3.30. The maximum Gasteiger partial charge on any atom is 0.265 e. The van der Waals surface area contributed by atoms with E-state index in [1.807, 2.05) is 18.2 Å². The average molecular weight is 340 g/mol. The summed E-state index contributed by atoms with van der Waals surface area (Å²) in [6, 6.07) is 12.5. The molecule has 3 heterocycles. The smallest absolute Gasteiger partial charge is 0.265 e. The first kappa shape index (κ1) is 15.3. The van der Waals surface area contributed by atoms with Gasteiger partial charge >= 0.3 is 0 Å². The number of fused-ring (bicyclic) bond motifs is 1. The van der Waals surface area contributed by atoms with Crippen molar-refractivity contribution in [3.8, 4) is 23.0 Å². The number of ether oxygens (including phenoxy) is 2. The first-order valence-corrected chi connectivity index (χ1v) is 7.90. The normalized spacial score (nSPS) is 18.8. The summed E-state index contributed by atoms with van der Waals surface area (Å²) < 4.78 is 21.9. The molecule has 0 spiro atoms. The molecule has 2 atom stereocenters. The van der Waals surface area contributed by atoms with Gasteiger partial charge in [-0.3, -0.25) is 4.79 Å². The zero-order chi connectivity index (χ0) is 17.2. The lowest BCUT2D eigenvalue weighted by molar-refractivity contribution is -0.133. The molecule has 0 saturated heterocycles. The summed E-state index contributed by atoms with van der Waals surface area (Å²) in [7, 11) is 0. The van der Waals surface area contributed by atoms with Gasteiger partial charge in [-0.05, 0) is 31.2 Å². The largest absolute Gasteiger partial charge is 0.482 e. The van der Waals surface area contributed by atoms with E-state index in [0.29, 0.717) is 28.7 Å². The first-order valence-electron chi connectivity index (χ1n) is 7.90. The molecule has 1 amide bonds. The van der Waals surface area contributed by atoms with Crippen LogP contribution in [0.4, 0.5) is 0 Å². The second kappa shape index (κ2) is 6.35. The van der Waals surface area contributed by atoms with Crippen molar-refractivity contribution >= 4 is 5.91 Å². The van der Waals surface area contributed by atoms with Crippen molar-refractivity contribution in [2.45, 2.75) is 25.7 Å². The molecule has 0 fully saturated rings. The van der Waals surface area contributed by atoms with Gasteiger partial charge in [-0.25, -0.2) is 0 Å². The van der Waals surface area contributed by atoms with Crippen LogP contribution in [0, 0.1) is 0 Å². The van der Waals surface area contributed by atoms with Gasteiger partial charge in [0.1, 0.15) is 11.8 Å². The number of rotatable bonds is 4. The van der Waals surface area contributed by atoms with E-state index in [2.05, 4.69) is 10.5 Å². The van der Waals surface area contributed by atoms with Crippen molar-refractivity contribution in [3.05, 3.63) is 54.4 Å². The summed E-state index contributed by atoms with van der Waals surface area (Å²) in [6.45, 7) is 2.02. The van der Waals surface area contributed by atoms with Gasteiger partial charge in [-0.2, -0.15) is 0 Å². The Morgan fingerprint density at radius 1 is 1.12 bits per heavy atom. The van der Waals surface area contributed by atoms with Gasteiger partial charge in [0, 0.05) is 6.07 Å². The molecule has 1 aliphatic rings. The minimum atomic E-state index is -0.730. The molecule has 25 heavy (non-hydrogen) atoms. The molecule has 1 aromatic carbocycles. The number of nitrogens with one attached hydrogen (secondary N) is 1. The second-order valence-corrected chi connectivity index (χ2v) is 5.69. The number of para-hydroxylation sites is 2. The molecule has 1 aliphatic heterocycles. The van der Waals surface area contributed by atoms with E-state index in [-0.39, 0.29) is 12.5 Å². The van der Waals surface area contributed by atoms with Crippen LogP contribution in [0.1, 0.15) is 12.6 Å². The Hall–Kier alpha value is -3.22. The fraction of sp³-hybridized carbons (Fsp3) is 0.222.